The molecule has 2 aliphatic heterocycles. The van der Waals surface area contributed by atoms with Gasteiger partial charge in [-0.05, 0) is 57.0 Å². The molecule has 1 saturated carbocycles. The van der Waals surface area contributed by atoms with Gasteiger partial charge in [-0.25, -0.2) is 0 Å². The molecular formula is C23H32N8O2S. The number of hydrogen-bond acceptors (Lipinski definition) is 10. The van der Waals surface area contributed by atoms with E-state index >= 15 is 0 Å². The van der Waals surface area contributed by atoms with E-state index in [0.29, 0.717) is 24.1 Å². The molecule has 34 heavy (non-hydrogen) atoms. The maximum absolute atomic E-state index is 9.61. The zero-order valence-corrected chi connectivity index (χ0v) is 20.3. The number of nitrogens with zero attached hydrogens (tertiary/aromatic N) is 6. The van der Waals surface area contributed by atoms with Crippen molar-refractivity contribution in [2.75, 3.05) is 36.9 Å². The smallest absolute Gasteiger partial charge is 0.230 e. The molecule has 3 fully saturated rings. The van der Waals surface area contributed by atoms with Gasteiger partial charge in [-0.3, -0.25) is 9.58 Å². The highest BCUT2D eigenvalue weighted by molar-refractivity contribution is 7.13. The average molecular weight is 485 g/mol. The third kappa shape index (κ3) is 4.49. The molecule has 3 aromatic rings. The minimum absolute atomic E-state index is 0.131. The Morgan fingerprint density at radius 3 is 2.62 bits per heavy atom. The molecule has 6 rings (SSSR count). The van der Waals surface area contributed by atoms with Crippen LogP contribution in [0, 0.1) is 6.92 Å². The number of ether oxygens (including phenoxy) is 1. The summed E-state index contributed by atoms with van der Waals surface area (Å²) in [5.41, 5.74) is 1.85. The standard InChI is InChI=1S/C23H32N8O2S/c1-14-20-21(25-15-2-4-17(5-3-15)30-12-19(32)13-30)27-23(28-22(20)34-29-14)26-16-10-24-31(11-16)18-6-8-33-9-7-18/h10-11,15,17-19,32H,2-9,12-13H2,1H3,(H2,25,26,27,28)/t15-,17-. The Balaban J connectivity index is 1.16. The van der Waals surface area contributed by atoms with Crippen molar-refractivity contribution in [3.63, 3.8) is 0 Å². The van der Waals surface area contributed by atoms with Crippen LogP contribution in [0.5, 0.6) is 0 Å². The summed E-state index contributed by atoms with van der Waals surface area (Å²) in [5.74, 6) is 1.42. The molecule has 3 aliphatic rings. The second kappa shape index (κ2) is 9.37. The molecule has 0 bridgehead atoms. The molecule has 0 spiro atoms. The summed E-state index contributed by atoms with van der Waals surface area (Å²) in [5, 5.41) is 22.2. The van der Waals surface area contributed by atoms with E-state index < -0.39 is 0 Å². The number of aliphatic hydroxyl groups excluding tert-OH is 1. The maximum atomic E-state index is 9.61. The molecule has 0 aromatic carbocycles. The lowest BCUT2D eigenvalue weighted by atomic mass is 9.88. The molecule has 1 aliphatic carbocycles. The molecule has 3 aromatic heterocycles. The molecule has 0 radical (unpaired) electrons. The normalized spacial score (nSPS) is 24.9. The predicted octanol–water partition coefficient (Wildman–Crippen LogP) is 3.09. The number of aromatic nitrogens is 5. The van der Waals surface area contributed by atoms with Gasteiger partial charge in [0.15, 0.2) is 4.83 Å². The lowest BCUT2D eigenvalue weighted by molar-refractivity contribution is -0.0337. The van der Waals surface area contributed by atoms with E-state index in [0.717, 1.165) is 92.2 Å². The van der Waals surface area contributed by atoms with Gasteiger partial charge in [0.2, 0.25) is 5.95 Å². The first-order valence-corrected chi connectivity index (χ1v) is 13.1. The van der Waals surface area contributed by atoms with Gasteiger partial charge in [0, 0.05) is 44.6 Å². The van der Waals surface area contributed by atoms with Crippen LogP contribution in [-0.4, -0.2) is 78.6 Å². The fourth-order valence-corrected chi connectivity index (χ4v) is 6.17. The second-order valence-electron chi connectivity index (χ2n) is 9.78. The molecule has 0 amide bonds. The maximum Gasteiger partial charge on any atom is 0.230 e. The number of aryl methyl sites for hydroxylation is 1. The van der Waals surface area contributed by atoms with Crippen molar-refractivity contribution >= 4 is 39.2 Å². The van der Waals surface area contributed by atoms with Gasteiger partial charge in [-0.15, -0.1) is 0 Å². The van der Waals surface area contributed by atoms with Gasteiger partial charge < -0.3 is 20.5 Å². The third-order valence-electron chi connectivity index (χ3n) is 7.37. The molecule has 182 valence electrons. The fourth-order valence-electron chi connectivity index (χ4n) is 5.40. The molecule has 11 heteroatoms. The van der Waals surface area contributed by atoms with Gasteiger partial charge in [-0.2, -0.15) is 19.4 Å². The van der Waals surface area contributed by atoms with Crippen molar-refractivity contribution in [3.05, 3.63) is 18.1 Å². The van der Waals surface area contributed by atoms with Crippen LogP contribution in [0.2, 0.25) is 0 Å². The van der Waals surface area contributed by atoms with E-state index in [1.807, 2.05) is 24.0 Å². The Morgan fingerprint density at radius 1 is 1.06 bits per heavy atom. The van der Waals surface area contributed by atoms with Crippen molar-refractivity contribution < 1.29 is 9.84 Å². The fraction of sp³-hybridized carbons (Fsp3) is 0.652. The van der Waals surface area contributed by atoms with Crippen LogP contribution >= 0.6 is 11.5 Å². The van der Waals surface area contributed by atoms with Crippen LogP contribution in [0.4, 0.5) is 17.5 Å². The number of nitrogens with one attached hydrogen (secondary N) is 2. The van der Waals surface area contributed by atoms with Crippen LogP contribution in [0.25, 0.3) is 10.2 Å². The monoisotopic (exact) mass is 484 g/mol. The van der Waals surface area contributed by atoms with Crippen molar-refractivity contribution in [1.82, 2.24) is 29.0 Å². The van der Waals surface area contributed by atoms with Gasteiger partial charge in [0.1, 0.15) is 5.82 Å². The number of hydrogen-bond donors (Lipinski definition) is 3. The topological polar surface area (TPSA) is 113 Å². The van der Waals surface area contributed by atoms with Crippen molar-refractivity contribution in [2.24, 2.45) is 0 Å². The molecule has 0 unspecified atom stereocenters. The quantitative estimate of drug-likeness (QED) is 0.486. The van der Waals surface area contributed by atoms with Gasteiger partial charge in [0.05, 0.1) is 35.1 Å². The summed E-state index contributed by atoms with van der Waals surface area (Å²) in [4.78, 5) is 12.9. The molecule has 2 saturated heterocycles. The summed E-state index contributed by atoms with van der Waals surface area (Å²) in [6.07, 6.45) is 10.2. The van der Waals surface area contributed by atoms with Crippen molar-refractivity contribution in [3.8, 4) is 0 Å². The summed E-state index contributed by atoms with van der Waals surface area (Å²) in [7, 11) is 0. The zero-order chi connectivity index (χ0) is 23.1. The first-order chi connectivity index (χ1) is 16.6. The molecule has 5 heterocycles. The highest BCUT2D eigenvalue weighted by atomic mass is 32.1. The Kier molecular flexibility index (Phi) is 6.10. The SMILES string of the molecule is Cc1nsc2nc(Nc3cnn(C4CCOCC4)c3)nc(N[C@H]3CC[C@H](N4CC(O)C4)CC3)c12. The van der Waals surface area contributed by atoms with Crippen LogP contribution in [0.3, 0.4) is 0 Å². The second-order valence-corrected chi connectivity index (χ2v) is 10.5. The number of rotatable bonds is 6. The molecule has 0 atom stereocenters. The van der Waals surface area contributed by atoms with E-state index in [9.17, 15) is 5.11 Å². The van der Waals surface area contributed by atoms with Crippen LogP contribution < -0.4 is 10.6 Å². The minimum Gasteiger partial charge on any atom is -0.390 e. The minimum atomic E-state index is -0.131. The Morgan fingerprint density at radius 2 is 1.85 bits per heavy atom. The van der Waals surface area contributed by atoms with Gasteiger partial charge in [-0.1, -0.05) is 0 Å². The molecule has 10 nitrogen and oxygen atoms in total. The van der Waals surface area contributed by atoms with Gasteiger partial charge in [0.25, 0.3) is 0 Å². The van der Waals surface area contributed by atoms with Crippen LogP contribution in [0.15, 0.2) is 12.4 Å². The summed E-state index contributed by atoms with van der Waals surface area (Å²) >= 11 is 1.41. The predicted molar refractivity (Wildman–Crippen MR) is 132 cm³/mol. The van der Waals surface area contributed by atoms with E-state index in [-0.39, 0.29) is 6.10 Å². The van der Waals surface area contributed by atoms with Crippen LogP contribution in [-0.2, 0) is 4.74 Å². The average Bonchev–Trinajstić information content (AvgIpc) is 3.45. The number of anilines is 3. The van der Waals surface area contributed by atoms with Gasteiger partial charge >= 0.3 is 0 Å². The van der Waals surface area contributed by atoms with E-state index in [1.165, 1.54) is 11.5 Å². The lowest BCUT2D eigenvalue weighted by Gasteiger charge is -2.44. The number of aliphatic hydroxyl groups is 1. The third-order valence-corrected chi connectivity index (χ3v) is 8.21. The largest absolute Gasteiger partial charge is 0.390 e. The summed E-state index contributed by atoms with van der Waals surface area (Å²) in [6.45, 7) is 5.25. The first-order valence-electron chi connectivity index (χ1n) is 12.3. The summed E-state index contributed by atoms with van der Waals surface area (Å²) < 4.78 is 12.0. The summed E-state index contributed by atoms with van der Waals surface area (Å²) in [6, 6.07) is 1.36. The zero-order valence-electron chi connectivity index (χ0n) is 19.5. The van der Waals surface area contributed by atoms with Crippen molar-refractivity contribution in [2.45, 2.75) is 69.7 Å². The molecular weight excluding hydrogens is 452 g/mol. The lowest BCUT2D eigenvalue weighted by Crippen LogP contribution is -2.56. The van der Waals surface area contributed by atoms with Crippen molar-refractivity contribution in [1.29, 1.82) is 0 Å². The first kappa shape index (κ1) is 22.1. The van der Waals surface area contributed by atoms with E-state index in [1.54, 1.807) is 0 Å². The Labute approximate surface area is 202 Å². The van der Waals surface area contributed by atoms with E-state index in [2.05, 4.69) is 25.0 Å². The van der Waals surface area contributed by atoms with E-state index in [4.69, 9.17) is 14.7 Å². The highest BCUT2D eigenvalue weighted by Gasteiger charge is 2.33. The highest BCUT2D eigenvalue weighted by Crippen LogP contribution is 2.33. The number of fused-ring (bicyclic) bond motifs is 1. The Bertz CT molecular complexity index is 1130. The van der Waals surface area contributed by atoms with Crippen LogP contribution in [0.1, 0.15) is 50.3 Å². The number of β-amino-alcohol motifs (C(OH)–C–C–N with tert-alkyl or cyclic N) is 1. The molecule has 3 N–H and O–H groups in total. The number of likely N-dealkylation sites (tertiary alicyclic amines) is 1. The Hall–Kier alpha value is -2.34.